The molecule has 1 aromatic rings. The van der Waals surface area contributed by atoms with Crippen molar-refractivity contribution < 1.29 is 4.74 Å². The van der Waals surface area contributed by atoms with Gasteiger partial charge in [-0.25, -0.2) is 0 Å². The second-order valence-electron chi connectivity index (χ2n) is 5.59. The van der Waals surface area contributed by atoms with E-state index in [0.717, 1.165) is 25.3 Å². The van der Waals surface area contributed by atoms with Crippen molar-refractivity contribution in [2.45, 2.75) is 65.3 Å². The molecule has 2 nitrogen and oxygen atoms in total. The Balaban J connectivity index is 2.32. The van der Waals surface area contributed by atoms with Crippen LogP contribution in [0.5, 0.6) is 5.75 Å². The molecule has 0 aliphatic carbocycles. The standard InChI is InChI=1S/C18H30ClNO/c1-4-6-7-8-9-10-13-21-18-12-11-16(14-17(18)19)15(3)20-5-2/h11-12,14-15,20H,4-10,13H2,1-3H3. The molecular formula is C18H30ClNO. The normalized spacial score (nSPS) is 12.4. The van der Waals surface area contributed by atoms with E-state index < -0.39 is 0 Å². The van der Waals surface area contributed by atoms with Crippen LogP contribution < -0.4 is 10.1 Å². The van der Waals surface area contributed by atoms with E-state index in [1.807, 2.05) is 12.1 Å². The number of benzene rings is 1. The van der Waals surface area contributed by atoms with Gasteiger partial charge in [0.1, 0.15) is 5.75 Å². The van der Waals surface area contributed by atoms with Crippen LogP contribution in [0.2, 0.25) is 5.02 Å². The predicted molar refractivity (Wildman–Crippen MR) is 92.4 cm³/mol. The number of ether oxygens (including phenoxy) is 1. The fourth-order valence-electron chi connectivity index (χ4n) is 2.39. The Morgan fingerprint density at radius 3 is 2.48 bits per heavy atom. The molecule has 0 heterocycles. The zero-order valence-electron chi connectivity index (χ0n) is 13.8. The average molecular weight is 312 g/mol. The van der Waals surface area contributed by atoms with E-state index in [1.165, 1.54) is 37.7 Å². The zero-order chi connectivity index (χ0) is 15.5. The molecule has 1 rings (SSSR count). The summed E-state index contributed by atoms with van der Waals surface area (Å²) in [6, 6.07) is 6.41. The third-order valence-corrected chi connectivity index (χ3v) is 4.02. The zero-order valence-corrected chi connectivity index (χ0v) is 14.5. The summed E-state index contributed by atoms with van der Waals surface area (Å²) in [4.78, 5) is 0. The van der Waals surface area contributed by atoms with Gasteiger partial charge in [-0.3, -0.25) is 0 Å². The van der Waals surface area contributed by atoms with Crippen molar-refractivity contribution in [3.63, 3.8) is 0 Å². The molecule has 1 N–H and O–H groups in total. The summed E-state index contributed by atoms with van der Waals surface area (Å²) in [6.45, 7) is 8.21. The summed E-state index contributed by atoms with van der Waals surface area (Å²) < 4.78 is 5.79. The minimum absolute atomic E-state index is 0.320. The minimum atomic E-state index is 0.320. The maximum Gasteiger partial charge on any atom is 0.137 e. The Bertz CT molecular complexity index is 395. The van der Waals surface area contributed by atoms with Crippen LogP contribution in [0.4, 0.5) is 0 Å². The van der Waals surface area contributed by atoms with Gasteiger partial charge in [0.05, 0.1) is 11.6 Å². The van der Waals surface area contributed by atoms with Crippen molar-refractivity contribution in [2.24, 2.45) is 0 Å². The van der Waals surface area contributed by atoms with Crippen molar-refractivity contribution in [1.82, 2.24) is 5.32 Å². The lowest BCUT2D eigenvalue weighted by atomic mass is 10.1. The number of hydrogen-bond donors (Lipinski definition) is 1. The van der Waals surface area contributed by atoms with Crippen LogP contribution in [0.25, 0.3) is 0 Å². The number of nitrogens with one attached hydrogen (secondary N) is 1. The van der Waals surface area contributed by atoms with Crippen LogP contribution in [0.15, 0.2) is 18.2 Å². The molecule has 1 atom stereocenters. The second kappa shape index (κ2) is 10.9. The molecule has 0 fully saturated rings. The lowest BCUT2D eigenvalue weighted by molar-refractivity contribution is 0.304. The first kappa shape index (κ1) is 18.3. The van der Waals surface area contributed by atoms with E-state index in [-0.39, 0.29) is 0 Å². The van der Waals surface area contributed by atoms with Crippen molar-refractivity contribution in [3.8, 4) is 5.75 Å². The van der Waals surface area contributed by atoms with Crippen LogP contribution >= 0.6 is 11.6 Å². The number of hydrogen-bond acceptors (Lipinski definition) is 2. The Kier molecular flexibility index (Phi) is 9.53. The van der Waals surface area contributed by atoms with E-state index in [9.17, 15) is 0 Å². The SMILES string of the molecule is CCCCCCCCOc1ccc(C(C)NCC)cc1Cl. The van der Waals surface area contributed by atoms with E-state index >= 15 is 0 Å². The summed E-state index contributed by atoms with van der Waals surface area (Å²) in [7, 11) is 0. The largest absolute Gasteiger partial charge is 0.492 e. The summed E-state index contributed by atoms with van der Waals surface area (Å²) in [6.07, 6.45) is 7.64. The van der Waals surface area contributed by atoms with Gasteiger partial charge in [-0.05, 0) is 37.6 Å². The monoisotopic (exact) mass is 311 g/mol. The van der Waals surface area contributed by atoms with Gasteiger partial charge in [0.2, 0.25) is 0 Å². The maximum atomic E-state index is 6.30. The molecule has 0 amide bonds. The number of rotatable bonds is 11. The number of unbranched alkanes of at least 4 members (excludes halogenated alkanes) is 5. The Labute approximate surface area is 135 Å². The molecule has 0 aromatic heterocycles. The highest BCUT2D eigenvalue weighted by atomic mass is 35.5. The topological polar surface area (TPSA) is 21.3 Å². The molecule has 1 unspecified atom stereocenters. The molecule has 21 heavy (non-hydrogen) atoms. The molecular weight excluding hydrogens is 282 g/mol. The highest BCUT2D eigenvalue weighted by molar-refractivity contribution is 6.32. The van der Waals surface area contributed by atoms with Gasteiger partial charge in [0, 0.05) is 6.04 Å². The minimum Gasteiger partial charge on any atom is -0.492 e. The number of halogens is 1. The van der Waals surface area contributed by atoms with E-state index in [0.29, 0.717) is 11.1 Å². The smallest absolute Gasteiger partial charge is 0.137 e. The molecule has 0 radical (unpaired) electrons. The summed E-state index contributed by atoms with van der Waals surface area (Å²) in [5.74, 6) is 0.803. The molecule has 1 aromatic carbocycles. The molecule has 0 bridgehead atoms. The first-order valence-corrected chi connectivity index (χ1v) is 8.72. The van der Waals surface area contributed by atoms with Crippen LogP contribution in [0.1, 0.15) is 70.9 Å². The molecule has 3 heteroatoms. The second-order valence-corrected chi connectivity index (χ2v) is 5.99. The van der Waals surface area contributed by atoms with E-state index in [2.05, 4.69) is 32.2 Å². The maximum absolute atomic E-state index is 6.30. The molecule has 0 aliphatic rings. The van der Waals surface area contributed by atoms with Gasteiger partial charge in [0.25, 0.3) is 0 Å². The fraction of sp³-hybridized carbons (Fsp3) is 0.667. The highest BCUT2D eigenvalue weighted by Gasteiger charge is 2.08. The predicted octanol–water partition coefficient (Wildman–Crippen LogP) is 5.75. The van der Waals surface area contributed by atoms with E-state index in [1.54, 1.807) is 0 Å². The Morgan fingerprint density at radius 1 is 1.10 bits per heavy atom. The summed E-state index contributed by atoms with van der Waals surface area (Å²) >= 11 is 6.30. The van der Waals surface area contributed by atoms with Gasteiger partial charge >= 0.3 is 0 Å². The Hall–Kier alpha value is -0.730. The van der Waals surface area contributed by atoms with Crippen LogP contribution in [-0.2, 0) is 0 Å². The molecule has 0 saturated heterocycles. The molecule has 0 spiro atoms. The third kappa shape index (κ3) is 7.19. The van der Waals surface area contributed by atoms with Gasteiger partial charge in [-0.15, -0.1) is 0 Å². The lowest BCUT2D eigenvalue weighted by Gasteiger charge is -2.15. The fourth-order valence-corrected chi connectivity index (χ4v) is 2.64. The van der Waals surface area contributed by atoms with E-state index in [4.69, 9.17) is 16.3 Å². The molecule has 0 saturated carbocycles. The molecule has 120 valence electrons. The van der Waals surface area contributed by atoms with Crippen molar-refractivity contribution in [2.75, 3.05) is 13.2 Å². The van der Waals surface area contributed by atoms with Crippen LogP contribution in [0, 0.1) is 0 Å². The quantitative estimate of drug-likeness (QED) is 0.525. The lowest BCUT2D eigenvalue weighted by Crippen LogP contribution is -2.17. The van der Waals surface area contributed by atoms with Gasteiger partial charge in [0.15, 0.2) is 0 Å². The first-order valence-electron chi connectivity index (χ1n) is 8.34. The van der Waals surface area contributed by atoms with Gasteiger partial charge in [-0.1, -0.05) is 63.6 Å². The van der Waals surface area contributed by atoms with Crippen LogP contribution in [0.3, 0.4) is 0 Å². The third-order valence-electron chi connectivity index (χ3n) is 3.72. The van der Waals surface area contributed by atoms with Gasteiger partial charge < -0.3 is 10.1 Å². The first-order chi connectivity index (χ1) is 10.2. The Morgan fingerprint density at radius 2 is 1.81 bits per heavy atom. The van der Waals surface area contributed by atoms with Crippen molar-refractivity contribution in [3.05, 3.63) is 28.8 Å². The summed E-state index contributed by atoms with van der Waals surface area (Å²) in [5, 5.41) is 4.10. The van der Waals surface area contributed by atoms with Crippen molar-refractivity contribution in [1.29, 1.82) is 0 Å². The van der Waals surface area contributed by atoms with Crippen molar-refractivity contribution >= 4 is 11.6 Å². The summed E-state index contributed by atoms with van der Waals surface area (Å²) in [5.41, 5.74) is 1.20. The molecule has 0 aliphatic heterocycles. The highest BCUT2D eigenvalue weighted by Crippen LogP contribution is 2.28. The van der Waals surface area contributed by atoms with Gasteiger partial charge in [-0.2, -0.15) is 0 Å². The average Bonchev–Trinajstić information content (AvgIpc) is 2.48. The van der Waals surface area contributed by atoms with Crippen LogP contribution in [-0.4, -0.2) is 13.2 Å².